The Balaban J connectivity index is 0.000000151. The van der Waals surface area contributed by atoms with Crippen LogP contribution in [0.5, 0.6) is 0 Å². The second-order valence-corrected chi connectivity index (χ2v) is 31.9. The Labute approximate surface area is 670 Å². The molecule has 4 fully saturated rings. The van der Waals surface area contributed by atoms with E-state index in [1.807, 2.05) is 90.1 Å². The van der Waals surface area contributed by atoms with E-state index in [-0.39, 0.29) is 53.4 Å². The molecule has 0 radical (unpaired) electrons. The molecule has 4 amide bonds. The number of hydrogen-bond acceptors (Lipinski definition) is 28. The van der Waals surface area contributed by atoms with E-state index in [0.29, 0.717) is 166 Å². The van der Waals surface area contributed by atoms with Crippen LogP contribution in [0.1, 0.15) is 159 Å². The number of hydrogen-bond donors (Lipinski definition) is 4. The molecule has 35 heteroatoms. The lowest BCUT2D eigenvalue weighted by Gasteiger charge is -2.35. The fraction of sp³-hybridized carbons (Fsp3) is 0.577. The molecule has 8 atom stereocenters. The Hall–Kier alpha value is -8.86. The third kappa shape index (κ3) is 20.3. The van der Waals surface area contributed by atoms with Crippen molar-refractivity contribution < 1.29 is 60.1 Å². The minimum atomic E-state index is -3.50. The number of carbonyl (C=O) groups excluding carboxylic acids is 2. The van der Waals surface area contributed by atoms with Crippen LogP contribution in [-0.4, -0.2) is 190 Å². The first-order valence-electron chi connectivity index (χ1n) is 38.3. The maximum atomic E-state index is 11.8. The van der Waals surface area contributed by atoms with Crippen LogP contribution in [0.3, 0.4) is 0 Å². The molecule has 32 nitrogen and oxygen atoms in total. The summed E-state index contributed by atoms with van der Waals surface area (Å²) in [6, 6.07) is 21.8. The Kier molecular flexibility index (Phi) is 28.3. The predicted octanol–water partition coefficient (Wildman–Crippen LogP) is 11.0. The van der Waals surface area contributed by atoms with Crippen molar-refractivity contribution in [3.05, 3.63) is 104 Å². The molecule has 0 bridgehead atoms. The number of urea groups is 2. The molecule has 4 N–H and O–H groups in total. The van der Waals surface area contributed by atoms with E-state index in [2.05, 4.69) is 107 Å². The standard InChI is InChI=1S/2C24H30N6O3.C15H19ClN4O2.C15H22ClN3O5S/c2*1-4-26-23(31)27-18-8-6-17(7-9-18)21-28-20-19(15-33-24(20,3)10-5-11-25)22(29-21)30-12-13-32-14-16(30)2;1-10-8-21-7-6-20(10)13-11-9-22-15(2,4-3-5-17)12(11)18-14(16)19-13;1-10-8-22-7-5-19(10)13-11-9-23-15(2,4-6-24-25(3,20)21)12(11)17-14(16)18-13/h2*6-9,16H,4-5,10,12-15H2,1-3H3,(H2,26,27,31);10H,3-4,6-9H2,1-2H3;10H,4-9H2,1-3H3/t16-,24+;16-,24-;2*10-,15?/m0000/s1. The Morgan fingerprint density at radius 3 is 1.05 bits per heavy atom. The number of amides is 4. The average molecular weight is 1620 g/mol. The Morgan fingerprint density at radius 2 is 0.770 bits per heavy atom. The highest BCUT2D eigenvalue weighted by Crippen LogP contribution is 2.48. The molecule has 2 unspecified atom stereocenters. The number of rotatable bonds is 20. The van der Waals surface area contributed by atoms with Crippen LogP contribution in [-0.2, 0) is 101 Å². The lowest BCUT2D eigenvalue weighted by Crippen LogP contribution is -2.44. The van der Waals surface area contributed by atoms with Gasteiger partial charge in [-0.1, -0.05) is 0 Å². The minimum Gasteiger partial charge on any atom is -0.377 e. The van der Waals surface area contributed by atoms with Gasteiger partial charge in [0, 0.05) is 110 Å². The number of anilines is 6. The fourth-order valence-electron chi connectivity index (χ4n) is 14.8. The molecule has 0 aliphatic carbocycles. The summed E-state index contributed by atoms with van der Waals surface area (Å²) in [5.41, 5.74) is 7.52. The number of nitriles is 3. The summed E-state index contributed by atoms with van der Waals surface area (Å²) in [5.74, 6) is 4.54. The van der Waals surface area contributed by atoms with Gasteiger partial charge in [-0.05, 0) is 160 Å². The highest BCUT2D eigenvalue weighted by molar-refractivity contribution is 7.86. The summed E-state index contributed by atoms with van der Waals surface area (Å²) < 4.78 is 73.8. The van der Waals surface area contributed by atoms with Gasteiger partial charge in [-0.15, -0.1) is 0 Å². The molecule has 606 valence electrons. The van der Waals surface area contributed by atoms with Gasteiger partial charge in [-0.2, -0.15) is 24.2 Å². The van der Waals surface area contributed by atoms with E-state index >= 15 is 0 Å². The van der Waals surface area contributed by atoms with Gasteiger partial charge in [0.1, 0.15) is 45.7 Å². The minimum absolute atomic E-state index is 0.0136. The quantitative estimate of drug-likeness (QED) is 0.0407. The van der Waals surface area contributed by atoms with Crippen molar-refractivity contribution in [2.45, 2.75) is 187 Å². The Bertz CT molecular complexity index is 4450. The van der Waals surface area contributed by atoms with Crippen LogP contribution in [0.25, 0.3) is 22.8 Å². The van der Waals surface area contributed by atoms with Crippen molar-refractivity contribution in [3.8, 4) is 41.0 Å². The monoisotopic (exact) mass is 1610 g/mol. The second kappa shape index (κ2) is 37.6. The number of aromatic nitrogens is 8. The summed E-state index contributed by atoms with van der Waals surface area (Å²) in [4.78, 5) is 69.9. The lowest BCUT2D eigenvalue weighted by atomic mass is 9.94. The van der Waals surface area contributed by atoms with Crippen LogP contribution in [0.15, 0.2) is 48.5 Å². The Morgan fingerprint density at radius 1 is 0.478 bits per heavy atom. The van der Waals surface area contributed by atoms with Crippen molar-refractivity contribution in [2.75, 3.05) is 135 Å². The first kappa shape index (κ1) is 85.0. The summed E-state index contributed by atoms with van der Waals surface area (Å²) in [6.07, 6.45) is 4.30. The van der Waals surface area contributed by atoms with Crippen LogP contribution in [0.4, 0.5) is 44.2 Å². The molecule has 0 spiro atoms. The number of nitrogens with one attached hydrogen (secondary N) is 4. The number of fused-ring (bicyclic) bond motifs is 4. The van der Waals surface area contributed by atoms with Crippen LogP contribution in [0, 0.1) is 34.0 Å². The first-order chi connectivity index (χ1) is 54.1. The molecule has 2 aromatic carbocycles. The van der Waals surface area contributed by atoms with Gasteiger partial charge < -0.3 is 78.8 Å². The van der Waals surface area contributed by atoms with Gasteiger partial charge in [-0.3, -0.25) is 4.18 Å². The summed E-state index contributed by atoms with van der Waals surface area (Å²) in [6.45, 7) is 30.9. The average Bonchev–Trinajstić information content (AvgIpc) is 1.66. The van der Waals surface area contributed by atoms with Crippen molar-refractivity contribution in [3.63, 3.8) is 0 Å². The lowest BCUT2D eigenvalue weighted by molar-refractivity contribution is -0.0386. The summed E-state index contributed by atoms with van der Waals surface area (Å²) >= 11 is 12.3. The third-order valence-electron chi connectivity index (χ3n) is 21.1. The van der Waals surface area contributed by atoms with Gasteiger partial charge >= 0.3 is 12.1 Å². The van der Waals surface area contributed by atoms with Gasteiger partial charge in [0.2, 0.25) is 10.6 Å². The third-order valence-corrected chi connectivity index (χ3v) is 22.0. The predicted molar refractivity (Wildman–Crippen MR) is 423 cm³/mol. The molecule has 4 saturated heterocycles. The largest absolute Gasteiger partial charge is 0.377 e. The zero-order valence-electron chi connectivity index (χ0n) is 66.0. The number of ether oxygens (including phenoxy) is 8. The van der Waals surface area contributed by atoms with Crippen LogP contribution >= 0.6 is 23.2 Å². The van der Waals surface area contributed by atoms with Gasteiger partial charge in [-0.25, -0.2) is 49.5 Å². The van der Waals surface area contributed by atoms with E-state index in [1.165, 1.54) is 0 Å². The highest BCUT2D eigenvalue weighted by atomic mass is 35.5. The zero-order valence-corrected chi connectivity index (χ0v) is 68.3. The normalized spacial score (nSPS) is 24.1. The van der Waals surface area contributed by atoms with Crippen LogP contribution < -0.4 is 40.9 Å². The molecular weight excluding hydrogens is 1510 g/mol. The van der Waals surface area contributed by atoms with E-state index < -0.39 is 32.5 Å². The molecule has 8 aliphatic rings. The van der Waals surface area contributed by atoms with E-state index in [4.69, 9.17) is 101 Å². The van der Waals surface area contributed by atoms with Crippen molar-refractivity contribution in [2.24, 2.45) is 0 Å². The topological polar surface area (TPSA) is 387 Å². The summed E-state index contributed by atoms with van der Waals surface area (Å²) in [7, 11) is -3.50. The molecule has 6 aromatic rings. The molecule has 14 rings (SSSR count). The molecule has 4 aromatic heterocycles. The van der Waals surface area contributed by atoms with Crippen molar-refractivity contribution in [1.82, 2.24) is 50.5 Å². The molecular formula is C78H101Cl2N19O13S. The number of morpholine rings is 4. The fourth-order valence-corrected chi connectivity index (χ4v) is 15.5. The van der Waals surface area contributed by atoms with E-state index in [0.717, 1.165) is 106 Å². The maximum absolute atomic E-state index is 11.8. The number of benzene rings is 2. The number of halogens is 2. The van der Waals surface area contributed by atoms with Gasteiger partial charge in [0.05, 0.1) is 157 Å². The van der Waals surface area contributed by atoms with E-state index in [9.17, 15) is 18.0 Å². The van der Waals surface area contributed by atoms with Crippen molar-refractivity contribution in [1.29, 1.82) is 15.8 Å². The highest BCUT2D eigenvalue weighted by Gasteiger charge is 2.46. The van der Waals surface area contributed by atoms with Gasteiger partial charge in [0.15, 0.2) is 11.6 Å². The molecule has 0 saturated carbocycles. The number of carbonyl (C=O) groups is 2. The second-order valence-electron chi connectivity index (χ2n) is 29.6. The smallest absolute Gasteiger partial charge is 0.319 e. The van der Waals surface area contributed by atoms with Crippen molar-refractivity contribution >= 4 is 80.0 Å². The molecule has 113 heavy (non-hydrogen) atoms. The first-order valence-corrected chi connectivity index (χ1v) is 40.9. The van der Waals surface area contributed by atoms with Gasteiger partial charge in [0.25, 0.3) is 10.1 Å². The molecule has 8 aliphatic heterocycles. The molecule has 12 heterocycles. The SMILES string of the molecule is CCNC(=O)Nc1ccc(-c2nc(N3CCOC[C@@H]3C)c3c(n2)[C@@](C)(CCC#N)OC3)cc1.CCNC(=O)Nc1ccc(-c2nc(N3CCOC[C@@H]3C)c3c(n2)[C@](C)(CCC#N)OC3)cc1.C[C@H]1COCCN1c1nc(Cl)nc2c1COC2(C)CCC#N.C[C@H]1COCCN1c1nc(Cl)nc2c1COC2(C)CCOS(C)(=O)=O. The van der Waals surface area contributed by atoms with E-state index in [1.54, 1.807) is 0 Å². The summed E-state index contributed by atoms with van der Waals surface area (Å²) in [5, 5.41) is 38.5. The number of nitrogens with zero attached hydrogens (tertiary/aromatic N) is 15. The maximum Gasteiger partial charge on any atom is 0.319 e. The van der Waals surface area contributed by atoms with Crippen LogP contribution in [0.2, 0.25) is 10.6 Å². The zero-order chi connectivity index (χ0) is 80.8.